The second-order valence-electron chi connectivity index (χ2n) is 17.6. The van der Waals surface area contributed by atoms with E-state index < -0.39 is 24.3 Å². The van der Waals surface area contributed by atoms with Crippen molar-refractivity contribution in [3.63, 3.8) is 0 Å². The fourth-order valence-corrected chi connectivity index (χ4v) is 9.26. The Balaban J connectivity index is 0.973. The molecule has 4 N–H and O–H groups in total. The number of ether oxygens (including phenoxy) is 2. The molecule has 2 aliphatic heterocycles. The van der Waals surface area contributed by atoms with E-state index >= 15 is 0 Å². The summed E-state index contributed by atoms with van der Waals surface area (Å²) >= 11 is 3.69. The number of carbonyl (C=O) groups excluding carboxylic acids is 4. The normalized spacial score (nSPS) is 20.8. The van der Waals surface area contributed by atoms with Crippen LogP contribution in [0.3, 0.4) is 0 Å². The average Bonchev–Trinajstić information content (AvgIpc) is 3.90. The number of methoxy groups -OCH3 is 2. The summed E-state index contributed by atoms with van der Waals surface area (Å²) in [6.07, 6.45) is 4.68. The molecule has 14 nitrogen and oxygen atoms in total. The maximum Gasteiger partial charge on any atom is 0.407 e. The second-order valence-corrected chi connectivity index (χ2v) is 18.3. The molecule has 4 amide bonds. The van der Waals surface area contributed by atoms with E-state index in [2.05, 4.69) is 48.4 Å². The van der Waals surface area contributed by atoms with E-state index in [0.29, 0.717) is 18.9 Å². The summed E-state index contributed by atoms with van der Waals surface area (Å²) in [6, 6.07) is 11.9. The van der Waals surface area contributed by atoms with Crippen LogP contribution in [0.2, 0.25) is 0 Å². The number of likely N-dealkylation sites (tertiary alicyclic amines) is 2. The summed E-state index contributed by atoms with van der Waals surface area (Å²) in [6.45, 7) is 8.94. The van der Waals surface area contributed by atoms with Crippen LogP contribution < -0.4 is 10.6 Å². The molecule has 4 heterocycles. The molecule has 2 saturated carbocycles. The van der Waals surface area contributed by atoms with Gasteiger partial charge in [0, 0.05) is 29.8 Å². The Morgan fingerprint density at radius 3 is 1.73 bits per heavy atom. The predicted octanol–water partition coefficient (Wildman–Crippen LogP) is 6.98. The van der Waals surface area contributed by atoms with Crippen molar-refractivity contribution in [3.05, 3.63) is 69.8 Å². The zero-order valence-electron chi connectivity index (χ0n) is 34.3. The highest BCUT2D eigenvalue weighted by atomic mass is 79.9. The summed E-state index contributed by atoms with van der Waals surface area (Å²) in [4.78, 5) is 72.6. The average molecular weight is 868 g/mol. The molecule has 2 aromatic carbocycles. The molecule has 2 spiro atoms. The molecule has 4 atom stereocenters. The number of nitrogens with zero attached hydrogens (tertiary/aromatic N) is 4. The van der Waals surface area contributed by atoms with Crippen molar-refractivity contribution < 1.29 is 28.7 Å². The molecule has 0 bridgehead atoms. The minimum absolute atomic E-state index is 0.0943. The van der Waals surface area contributed by atoms with E-state index in [1.54, 1.807) is 0 Å². The minimum atomic E-state index is -0.707. The van der Waals surface area contributed by atoms with Crippen molar-refractivity contribution in [1.29, 1.82) is 0 Å². The molecule has 2 aliphatic carbocycles. The lowest BCUT2D eigenvalue weighted by atomic mass is 10.0. The molecule has 4 aliphatic rings. The van der Waals surface area contributed by atoms with Gasteiger partial charge in [0.05, 0.1) is 37.3 Å². The molecule has 2 aromatic heterocycles. The van der Waals surface area contributed by atoms with E-state index in [0.717, 1.165) is 82.4 Å². The van der Waals surface area contributed by atoms with Gasteiger partial charge < -0.3 is 39.9 Å². The van der Waals surface area contributed by atoms with Crippen molar-refractivity contribution in [1.82, 2.24) is 40.4 Å². The molecular weight excluding hydrogens is 816 g/mol. The number of imidazole rings is 2. The van der Waals surface area contributed by atoms with E-state index in [1.165, 1.54) is 14.2 Å². The van der Waals surface area contributed by atoms with Crippen LogP contribution in [0.1, 0.15) is 101 Å². The van der Waals surface area contributed by atoms with Gasteiger partial charge in [-0.3, -0.25) is 9.59 Å². The Kier molecular flexibility index (Phi) is 10.7. The molecule has 15 heteroatoms. The third-order valence-corrected chi connectivity index (χ3v) is 13.2. The van der Waals surface area contributed by atoms with E-state index in [-0.39, 0.29) is 46.6 Å². The van der Waals surface area contributed by atoms with Gasteiger partial charge in [0.25, 0.3) is 0 Å². The number of nitrogens with one attached hydrogen (secondary N) is 4. The zero-order valence-corrected chi connectivity index (χ0v) is 35.9. The number of aromatic nitrogens is 4. The SMILES string of the molecule is COC(=O)N[C@H](C(=O)N1CC2(CC2)C[C@H]1c1nc(-c2ccc(C#Cc3ccc4nc([C@@H]5CC6(CC6)CN5C(=O)[C@@H](NC(=O)OC)C(C)C)[nH]c4c3)cc2)c(Br)[nH]1)C(C)C. The molecule has 310 valence electrons. The van der Waals surface area contributed by atoms with Crippen LogP contribution in [-0.4, -0.2) is 93.1 Å². The van der Waals surface area contributed by atoms with E-state index in [4.69, 9.17) is 19.4 Å². The minimum Gasteiger partial charge on any atom is -0.453 e. The topological polar surface area (TPSA) is 175 Å². The molecule has 8 rings (SSSR count). The number of rotatable bonds is 9. The number of hydrogen-bond acceptors (Lipinski definition) is 8. The standard InChI is InChI=1S/C44H51BrN8O6/c1-24(2)33(49-41(56)58-5)39(54)52-22-43(15-16-43)20-31(52)37-46-29-14-11-27(19-30(29)47-37)8-7-26-9-12-28(13-10-26)35-36(45)51-38(48-35)32-21-44(17-18-44)23-53(32)40(55)34(25(3)4)50-42(57)59-6/h9-14,19,24-25,31-34H,15-18,20-23H2,1-6H3,(H,46,47)(H,48,51)(H,49,56)(H,50,57)/t31-,32-,33-,34-/m0/s1. The number of hydrogen-bond donors (Lipinski definition) is 4. The number of H-pyrrole nitrogens is 2. The van der Waals surface area contributed by atoms with Crippen molar-refractivity contribution in [2.45, 2.75) is 90.4 Å². The number of benzene rings is 2. The third kappa shape index (κ3) is 8.16. The van der Waals surface area contributed by atoms with Crippen LogP contribution >= 0.6 is 15.9 Å². The first-order chi connectivity index (χ1) is 28.2. The van der Waals surface area contributed by atoms with Gasteiger partial charge in [0.1, 0.15) is 34.0 Å². The number of fused-ring (bicyclic) bond motifs is 1. The highest BCUT2D eigenvalue weighted by Crippen LogP contribution is 2.59. The van der Waals surface area contributed by atoms with Gasteiger partial charge in [-0.1, -0.05) is 51.7 Å². The molecule has 0 radical (unpaired) electrons. The monoisotopic (exact) mass is 866 g/mol. The number of alkyl carbamates (subject to hydrolysis) is 2. The first-order valence-electron chi connectivity index (χ1n) is 20.4. The summed E-state index contributed by atoms with van der Waals surface area (Å²) in [5, 5.41) is 5.48. The summed E-state index contributed by atoms with van der Waals surface area (Å²) in [5.74, 6) is 7.53. The van der Waals surface area contributed by atoms with Gasteiger partial charge in [-0.15, -0.1) is 0 Å². The number of aromatic amines is 2. The van der Waals surface area contributed by atoms with Gasteiger partial charge in [-0.25, -0.2) is 19.6 Å². The summed E-state index contributed by atoms with van der Waals surface area (Å²) in [7, 11) is 2.60. The van der Waals surface area contributed by atoms with Gasteiger partial charge in [0.2, 0.25) is 11.8 Å². The Morgan fingerprint density at radius 2 is 1.24 bits per heavy atom. The summed E-state index contributed by atoms with van der Waals surface area (Å²) < 4.78 is 10.4. The van der Waals surface area contributed by atoms with Gasteiger partial charge >= 0.3 is 12.2 Å². The van der Waals surface area contributed by atoms with Crippen LogP contribution in [0, 0.1) is 34.5 Å². The molecule has 59 heavy (non-hydrogen) atoms. The smallest absolute Gasteiger partial charge is 0.407 e. The fourth-order valence-electron chi connectivity index (χ4n) is 8.74. The fraction of sp³-hybridized carbons (Fsp3) is 0.500. The Labute approximate surface area is 352 Å². The number of carbonyl (C=O) groups is 4. The maximum atomic E-state index is 13.9. The molecule has 4 fully saturated rings. The first kappa shape index (κ1) is 40.4. The first-order valence-corrected chi connectivity index (χ1v) is 21.2. The van der Waals surface area contributed by atoms with Crippen molar-refractivity contribution in [2.75, 3.05) is 27.3 Å². The number of amides is 4. The van der Waals surface area contributed by atoms with Crippen LogP contribution in [-0.2, 0) is 19.1 Å². The molecule has 2 saturated heterocycles. The lowest BCUT2D eigenvalue weighted by molar-refractivity contribution is -0.136. The highest BCUT2D eigenvalue weighted by molar-refractivity contribution is 9.10. The number of halogens is 1. The second kappa shape index (κ2) is 15.7. The highest BCUT2D eigenvalue weighted by Gasteiger charge is 2.56. The van der Waals surface area contributed by atoms with E-state index in [1.807, 2.05) is 80.0 Å². The Morgan fingerprint density at radius 1 is 0.746 bits per heavy atom. The van der Waals surface area contributed by atoms with Crippen molar-refractivity contribution in [3.8, 4) is 23.1 Å². The lowest BCUT2D eigenvalue weighted by Gasteiger charge is -2.30. The molecule has 4 aromatic rings. The Hall–Kier alpha value is -5.36. The zero-order chi connectivity index (χ0) is 41.8. The van der Waals surface area contributed by atoms with Crippen molar-refractivity contribution in [2.24, 2.45) is 22.7 Å². The summed E-state index contributed by atoms with van der Waals surface area (Å²) in [5.41, 5.74) is 5.13. The van der Waals surface area contributed by atoms with Gasteiger partial charge in [-0.2, -0.15) is 0 Å². The maximum absolute atomic E-state index is 13.9. The molecular formula is C44H51BrN8O6. The molecule has 0 unspecified atom stereocenters. The van der Waals surface area contributed by atoms with Gasteiger partial charge in [-0.05, 0) is 107 Å². The van der Waals surface area contributed by atoms with Gasteiger partial charge in [0.15, 0.2) is 0 Å². The third-order valence-electron chi connectivity index (χ3n) is 12.6. The Bertz CT molecular complexity index is 2350. The quantitative estimate of drug-likeness (QED) is 0.130. The van der Waals surface area contributed by atoms with Crippen LogP contribution in [0.25, 0.3) is 22.3 Å². The van der Waals surface area contributed by atoms with Crippen molar-refractivity contribution >= 4 is 51.0 Å². The largest absolute Gasteiger partial charge is 0.453 e. The lowest BCUT2D eigenvalue weighted by Crippen LogP contribution is -2.51. The predicted molar refractivity (Wildman–Crippen MR) is 224 cm³/mol. The van der Waals surface area contributed by atoms with Crippen LogP contribution in [0.5, 0.6) is 0 Å². The van der Waals surface area contributed by atoms with Crippen LogP contribution in [0.4, 0.5) is 9.59 Å². The van der Waals surface area contributed by atoms with Crippen LogP contribution in [0.15, 0.2) is 47.1 Å². The van der Waals surface area contributed by atoms with E-state index in [9.17, 15) is 19.2 Å².